The summed E-state index contributed by atoms with van der Waals surface area (Å²) < 4.78 is 23.4. The van der Waals surface area contributed by atoms with Gasteiger partial charge in [0.2, 0.25) is 11.5 Å². The third kappa shape index (κ3) is 4.47. The van der Waals surface area contributed by atoms with Gasteiger partial charge in [-0.2, -0.15) is 0 Å². The van der Waals surface area contributed by atoms with Gasteiger partial charge in [0.25, 0.3) is 0 Å². The fraction of sp³-hybridized carbons (Fsp3) is 0.161. The van der Waals surface area contributed by atoms with Gasteiger partial charge in [-0.05, 0) is 29.2 Å². The van der Waals surface area contributed by atoms with Gasteiger partial charge in [-0.15, -0.1) is 0 Å². The number of rotatable bonds is 8. The molecule has 178 valence electrons. The van der Waals surface area contributed by atoms with Crippen LogP contribution in [0, 0.1) is 6.92 Å². The molecule has 0 amide bonds. The second-order valence-electron chi connectivity index (χ2n) is 7.98. The molecule has 4 heteroatoms. The molecule has 0 aliphatic heterocycles. The van der Waals surface area contributed by atoms with Crippen LogP contribution in [0.15, 0.2) is 91.0 Å². The Bertz CT molecular complexity index is 1270. The summed E-state index contributed by atoms with van der Waals surface area (Å²) in [7, 11) is 6.51. The monoisotopic (exact) mass is 466 g/mol. The van der Waals surface area contributed by atoms with Crippen LogP contribution in [0.25, 0.3) is 11.1 Å². The van der Waals surface area contributed by atoms with Crippen LogP contribution in [-0.2, 0) is 0 Å². The summed E-state index contributed by atoms with van der Waals surface area (Å²) in [5, 5.41) is 0. The van der Waals surface area contributed by atoms with E-state index in [0.717, 1.165) is 39.0 Å². The van der Waals surface area contributed by atoms with Gasteiger partial charge in [-0.25, -0.2) is 0 Å². The Labute approximate surface area is 207 Å². The van der Waals surface area contributed by atoms with Gasteiger partial charge in [0.05, 0.1) is 28.4 Å². The molecule has 4 aromatic rings. The second-order valence-corrected chi connectivity index (χ2v) is 7.98. The smallest absolute Gasteiger partial charge is 0.207 e. The lowest BCUT2D eigenvalue weighted by Crippen LogP contribution is -2.07. The Kier molecular flexibility index (Phi) is 7.41. The van der Waals surface area contributed by atoms with Gasteiger partial charge in [-0.1, -0.05) is 91.0 Å². The Morgan fingerprint density at radius 2 is 0.771 bits per heavy atom. The number of benzene rings is 4. The van der Waals surface area contributed by atoms with Gasteiger partial charge >= 0.3 is 0 Å². The SMILES string of the molecule is COc1c(C)c(C(=C(c2ccccc2)c2ccccc2)c2ccccc2)c(OC)c(OC)c1OC. The van der Waals surface area contributed by atoms with Crippen LogP contribution in [0.5, 0.6) is 23.0 Å². The zero-order valence-corrected chi connectivity index (χ0v) is 20.8. The summed E-state index contributed by atoms with van der Waals surface area (Å²) in [5.41, 5.74) is 7.09. The van der Waals surface area contributed by atoms with Crippen molar-refractivity contribution in [3.8, 4) is 23.0 Å². The number of methoxy groups -OCH3 is 4. The minimum atomic E-state index is 0.487. The summed E-state index contributed by atoms with van der Waals surface area (Å²) in [5.74, 6) is 2.18. The maximum atomic E-state index is 6.02. The lowest BCUT2D eigenvalue weighted by Gasteiger charge is -2.25. The second kappa shape index (κ2) is 10.8. The summed E-state index contributed by atoms with van der Waals surface area (Å²) in [6.45, 7) is 2.02. The third-order valence-corrected chi connectivity index (χ3v) is 6.07. The van der Waals surface area contributed by atoms with Gasteiger partial charge in [0.1, 0.15) is 0 Å². The topological polar surface area (TPSA) is 36.9 Å². The molecule has 35 heavy (non-hydrogen) atoms. The van der Waals surface area contributed by atoms with Crippen molar-refractivity contribution >= 4 is 11.1 Å². The lowest BCUT2D eigenvalue weighted by atomic mass is 9.83. The molecule has 0 atom stereocenters. The Balaban J connectivity index is 2.27. The van der Waals surface area contributed by atoms with Crippen molar-refractivity contribution in [3.05, 3.63) is 119 Å². The average molecular weight is 467 g/mol. The maximum Gasteiger partial charge on any atom is 0.207 e. The van der Waals surface area contributed by atoms with Gasteiger partial charge in [0, 0.05) is 16.7 Å². The third-order valence-electron chi connectivity index (χ3n) is 6.07. The van der Waals surface area contributed by atoms with Crippen molar-refractivity contribution in [1.29, 1.82) is 0 Å². The molecule has 0 saturated heterocycles. The lowest BCUT2D eigenvalue weighted by molar-refractivity contribution is 0.304. The van der Waals surface area contributed by atoms with Crippen molar-refractivity contribution < 1.29 is 18.9 Å². The van der Waals surface area contributed by atoms with Crippen LogP contribution >= 0.6 is 0 Å². The molecular weight excluding hydrogens is 436 g/mol. The van der Waals surface area contributed by atoms with E-state index in [9.17, 15) is 0 Å². The van der Waals surface area contributed by atoms with E-state index in [2.05, 4.69) is 60.7 Å². The molecule has 0 saturated carbocycles. The quantitative estimate of drug-likeness (QED) is 0.261. The number of hydrogen-bond donors (Lipinski definition) is 0. The fourth-order valence-corrected chi connectivity index (χ4v) is 4.57. The van der Waals surface area contributed by atoms with E-state index in [-0.39, 0.29) is 0 Å². The highest BCUT2D eigenvalue weighted by atomic mass is 16.5. The summed E-state index contributed by atoms with van der Waals surface area (Å²) in [6.07, 6.45) is 0. The normalized spacial score (nSPS) is 10.4. The molecule has 0 N–H and O–H groups in total. The molecule has 0 unspecified atom stereocenters. The van der Waals surface area contributed by atoms with E-state index in [1.807, 2.05) is 37.3 Å². The number of hydrogen-bond acceptors (Lipinski definition) is 4. The highest BCUT2D eigenvalue weighted by Crippen LogP contribution is 2.53. The van der Waals surface area contributed by atoms with Crippen LogP contribution in [-0.4, -0.2) is 28.4 Å². The molecule has 4 rings (SSSR count). The minimum absolute atomic E-state index is 0.487. The molecule has 0 bridgehead atoms. The molecule has 0 heterocycles. The molecular formula is C31H30O4. The summed E-state index contributed by atoms with van der Waals surface area (Å²) in [6, 6.07) is 31.1. The highest BCUT2D eigenvalue weighted by Gasteiger charge is 2.29. The maximum absolute atomic E-state index is 6.02. The first-order chi connectivity index (χ1) is 17.2. The van der Waals surface area contributed by atoms with E-state index in [1.165, 1.54) is 0 Å². The van der Waals surface area contributed by atoms with E-state index < -0.39 is 0 Å². The van der Waals surface area contributed by atoms with E-state index >= 15 is 0 Å². The van der Waals surface area contributed by atoms with Crippen molar-refractivity contribution in [2.45, 2.75) is 6.92 Å². The summed E-state index contributed by atoms with van der Waals surface area (Å²) >= 11 is 0. The van der Waals surface area contributed by atoms with Gasteiger partial charge in [0.15, 0.2) is 11.5 Å². The number of ether oxygens (including phenoxy) is 4. The van der Waals surface area contributed by atoms with Crippen LogP contribution in [0.2, 0.25) is 0 Å². The molecule has 0 spiro atoms. The fourth-order valence-electron chi connectivity index (χ4n) is 4.57. The summed E-state index contributed by atoms with van der Waals surface area (Å²) in [4.78, 5) is 0. The first kappa shape index (κ1) is 24.0. The van der Waals surface area contributed by atoms with Crippen molar-refractivity contribution in [2.24, 2.45) is 0 Å². The average Bonchev–Trinajstić information content (AvgIpc) is 2.92. The van der Waals surface area contributed by atoms with Crippen molar-refractivity contribution in [3.63, 3.8) is 0 Å². The van der Waals surface area contributed by atoms with Crippen LogP contribution < -0.4 is 18.9 Å². The van der Waals surface area contributed by atoms with E-state index in [0.29, 0.717) is 23.0 Å². The van der Waals surface area contributed by atoms with Crippen LogP contribution in [0.4, 0.5) is 0 Å². The Hall–Kier alpha value is -4.18. The first-order valence-electron chi connectivity index (χ1n) is 11.4. The molecule has 0 aliphatic rings. The standard InChI is InChI=1S/C31H30O4/c1-21-25(29(33-3)31(35-5)30(34-4)28(21)32-2)27(24-19-13-8-14-20-24)26(22-15-9-6-10-16-22)23-17-11-7-12-18-23/h6-20H,1-5H3. The Morgan fingerprint density at radius 1 is 0.429 bits per heavy atom. The minimum Gasteiger partial charge on any atom is -0.492 e. The molecule has 4 nitrogen and oxygen atoms in total. The predicted octanol–water partition coefficient (Wildman–Crippen LogP) is 7.04. The molecule has 0 fully saturated rings. The van der Waals surface area contributed by atoms with E-state index in [1.54, 1.807) is 28.4 Å². The van der Waals surface area contributed by atoms with E-state index in [4.69, 9.17) is 18.9 Å². The van der Waals surface area contributed by atoms with Gasteiger partial charge < -0.3 is 18.9 Å². The molecule has 0 aromatic heterocycles. The zero-order chi connectivity index (χ0) is 24.8. The Morgan fingerprint density at radius 3 is 1.14 bits per heavy atom. The molecule has 4 aromatic carbocycles. The predicted molar refractivity (Wildman–Crippen MR) is 142 cm³/mol. The highest BCUT2D eigenvalue weighted by molar-refractivity contribution is 6.07. The first-order valence-corrected chi connectivity index (χ1v) is 11.4. The molecule has 0 aliphatic carbocycles. The van der Waals surface area contributed by atoms with Crippen LogP contribution in [0.1, 0.15) is 27.8 Å². The molecule has 0 radical (unpaired) electrons. The van der Waals surface area contributed by atoms with Gasteiger partial charge in [-0.3, -0.25) is 0 Å². The largest absolute Gasteiger partial charge is 0.492 e. The van der Waals surface area contributed by atoms with Crippen LogP contribution in [0.3, 0.4) is 0 Å². The van der Waals surface area contributed by atoms with Crippen molar-refractivity contribution in [2.75, 3.05) is 28.4 Å². The van der Waals surface area contributed by atoms with Crippen molar-refractivity contribution in [1.82, 2.24) is 0 Å². The zero-order valence-electron chi connectivity index (χ0n) is 20.8.